The normalized spacial score (nSPS) is 14.1. The van der Waals surface area contributed by atoms with Crippen LogP contribution in [0.5, 0.6) is 0 Å². The lowest BCUT2D eigenvalue weighted by Crippen LogP contribution is -2.52. The van der Waals surface area contributed by atoms with E-state index in [1.54, 1.807) is 60.8 Å². The number of hydrogen-bond donors (Lipinski definition) is 1. The molecular formula is C73H130N4O28P2S. The molecule has 0 saturated heterocycles. The highest BCUT2D eigenvalue weighted by molar-refractivity contribution is 7.80. The van der Waals surface area contributed by atoms with Gasteiger partial charge in [0.15, 0.2) is 18.3 Å². The minimum Gasteiger partial charge on any atom is -0.756 e. The topological polar surface area (TPSA) is 425 Å². The van der Waals surface area contributed by atoms with Gasteiger partial charge in [-0.25, -0.2) is 8.42 Å². The van der Waals surface area contributed by atoms with E-state index < -0.39 is 87.6 Å². The standard InChI is InChI=1S/C20H36NO8P.C18H32NO4.C17H30NO8P.C17H29NO4.CH4O4S/c1-6-8-10-12-19(22)26-16-18(29-20(23)13-11-9-7-2)17-28-30(24,25)27-15-14-21(3,4)5;1-6-8-10-12-17(20)22-15-16(14-19(3,4)5)23-18(21)13-11-9-7-2;1-3-5-7-9-16(19)23-13-15(26-17(20)10-8-6-4-2)14-25-27(21,22)24-12-11-18;1-5-7-9-11-16(19)21-14-15(13-18(3)4)22-17(20)12-10-8-6-2;1-5-6(2,3)4/h8-11,18H,6-7,12-17H2,1-5H3;8-11,16H,6-7,12-15H2,1-5H3;5-8,15H,3-4,9-14,18H2,1-2H3,(H,21,22);7-10,15H,5-6,11-14H2,1-4H3;1H3,(H,2,3,4)/q;+1;;;/p-1/b2*10-8-,11-9-;7-5-,8-6-;9-7-,10-8-;/t18-;;15-;;/m1.1../s1. The van der Waals surface area contributed by atoms with Gasteiger partial charge < -0.3 is 89.9 Å². The Labute approximate surface area is 643 Å². The van der Waals surface area contributed by atoms with E-state index in [0.717, 1.165) is 58.5 Å². The average molecular weight is 1610 g/mol. The number of rotatable bonds is 54. The summed E-state index contributed by atoms with van der Waals surface area (Å²) in [5.74, 6) is -3.43. The number of quaternary nitrogens is 3. The largest absolute Gasteiger partial charge is 0.756 e. The molecule has 0 aliphatic rings. The van der Waals surface area contributed by atoms with Crippen LogP contribution in [-0.4, -0.2) is 242 Å². The summed E-state index contributed by atoms with van der Waals surface area (Å²) in [6.45, 7) is 15.9. The number of phosphoric ester groups is 2. The van der Waals surface area contributed by atoms with Gasteiger partial charge in [-0.2, -0.15) is 0 Å². The second-order valence-corrected chi connectivity index (χ2v) is 29.2. The summed E-state index contributed by atoms with van der Waals surface area (Å²) in [6.07, 6.45) is 33.5. The molecule has 0 aromatic carbocycles. The zero-order valence-corrected chi connectivity index (χ0v) is 69.7. The SMILES string of the molecule is CC/C=C\CC(=O)OCC(CN(C)C)OC(=O)C/C=C\CC.CC/C=C\CC(=O)OCC(C[N+](C)(C)C)OC(=O)C/C=C\CC.CC/C=C\CC(=O)OC[C@H](COP(=O)([O-])OCC[N+](C)(C)C)OC(=O)C/C=C\CC.CC/C=C\CC(=O)OC[C@H](COP(=O)([O-])OCC[NH3+])OC(=O)C/C=C\CC.COS(=O)(=O)[O-]. The fourth-order valence-electron chi connectivity index (χ4n) is 7.21. The number of esters is 8. The van der Waals surface area contributed by atoms with Gasteiger partial charge in [-0.15, -0.1) is 0 Å². The van der Waals surface area contributed by atoms with Crippen LogP contribution in [0, 0.1) is 0 Å². The smallest absolute Gasteiger partial charge is 0.310 e. The summed E-state index contributed by atoms with van der Waals surface area (Å²) in [7, 11) is 2.71. The lowest BCUT2D eigenvalue weighted by molar-refractivity contribution is -0.873. The van der Waals surface area contributed by atoms with E-state index in [1.807, 2.05) is 153 Å². The molecule has 626 valence electrons. The van der Waals surface area contributed by atoms with Crippen LogP contribution in [0.1, 0.15) is 158 Å². The Morgan fingerprint density at radius 2 is 0.630 bits per heavy atom. The van der Waals surface area contributed by atoms with Crippen molar-refractivity contribution in [3.8, 4) is 0 Å². The Balaban J connectivity index is -0.000000427. The van der Waals surface area contributed by atoms with Gasteiger partial charge in [-0.3, -0.25) is 51.7 Å². The Morgan fingerprint density at radius 1 is 0.389 bits per heavy atom. The van der Waals surface area contributed by atoms with Gasteiger partial charge in [0.05, 0.1) is 121 Å². The summed E-state index contributed by atoms with van der Waals surface area (Å²) in [4.78, 5) is 119. The molecule has 0 spiro atoms. The molecule has 108 heavy (non-hydrogen) atoms. The van der Waals surface area contributed by atoms with Crippen molar-refractivity contribution in [2.24, 2.45) is 0 Å². The highest BCUT2D eigenvalue weighted by Gasteiger charge is 2.26. The first kappa shape index (κ1) is 110. The van der Waals surface area contributed by atoms with Gasteiger partial charge in [-0.05, 0) is 65.5 Å². The number of likely N-dealkylation sites (N-methyl/N-ethyl adjacent to an activating group) is 3. The van der Waals surface area contributed by atoms with Crippen molar-refractivity contribution in [2.45, 2.75) is 183 Å². The number of nitrogens with zero attached hydrogens (tertiary/aromatic N) is 3. The zero-order chi connectivity index (χ0) is 83.3. The van der Waals surface area contributed by atoms with Crippen LogP contribution in [0.25, 0.3) is 0 Å². The minimum atomic E-state index is -4.59. The highest BCUT2D eigenvalue weighted by atomic mass is 32.3. The highest BCUT2D eigenvalue weighted by Crippen LogP contribution is 2.39. The molecule has 3 N–H and O–H groups in total. The molecule has 0 aromatic heterocycles. The van der Waals surface area contributed by atoms with E-state index in [9.17, 15) is 70.2 Å². The van der Waals surface area contributed by atoms with Crippen molar-refractivity contribution in [2.75, 3.05) is 143 Å². The minimum absolute atomic E-state index is 0.0184. The van der Waals surface area contributed by atoms with Gasteiger partial charge in [-0.1, -0.05) is 153 Å². The third-order valence-electron chi connectivity index (χ3n) is 12.2. The van der Waals surface area contributed by atoms with Crippen LogP contribution >= 0.6 is 15.6 Å². The molecule has 0 radical (unpaired) electrons. The predicted octanol–water partition coefficient (Wildman–Crippen LogP) is 7.93. The van der Waals surface area contributed by atoms with Crippen molar-refractivity contribution >= 4 is 73.8 Å². The number of allylic oxidation sites excluding steroid dienone is 8. The average Bonchev–Trinajstić information content (AvgIpc) is 0.914. The number of ether oxygens (including phenoxy) is 8. The summed E-state index contributed by atoms with van der Waals surface area (Å²) in [5, 5.41) is 0. The molecule has 0 amide bonds. The molecule has 0 heterocycles. The monoisotopic (exact) mass is 1600 g/mol. The maximum Gasteiger partial charge on any atom is 0.310 e. The summed E-state index contributed by atoms with van der Waals surface area (Å²) >= 11 is 0. The van der Waals surface area contributed by atoms with E-state index in [4.69, 9.17) is 51.5 Å². The first-order valence-electron chi connectivity index (χ1n) is 36.0. The Morgan fingerprint density at radius 3 is 0.870 bits per heavy atom. The van der Waals surface area contributed by atoms with Crippen molar-refractivity contribution < 1.29 is 145 Å². The molecule has 0 aromatic rings. The summed E-state index contributed by atoms with van der Waals surface area (Å²) in [5.41, 5.74) is 3.46. The molecule has 0 aliphatic carbocycles. The van der Waals surface area contributed by atoms with Crippen LogP contribution in [0.2, 0.25) is 0 Å². The molecule has 0 rings (SSSR count). The van der Waals surface area contributed by atoms with E-state index in [0.29, 0.717) is 28.6 Å². The maximum atomic E-state index is 11.9. The Hall–Kier alpha value is -6.39. The second-order valence-electron chi connectivity index (χ2n) is 25.2. The van der Waals surface area contributed by atoms with E-state index in [1.165, 1.54) is 0 Å². The first-order valence-corrected chi connectivity index (χ1v) is 40.3. The van der Waals surface area contributed by atoms with Crippen LogP contribution in [0.4, 0.5) is 0 Å². The summed E-state index contributed by atoms with van der Waals surface area (Å²) in [6, 6.07) is 0. The van der Waals surface area contributed by atoms with Crippen molar-refractivity contribution in [3.05, 3.63) is 97.2 Å². The maximum absolute atomic E-state index is 11.9. The number of hydrogen-bond acceptors (Lipinski definition) is 29. The Bertz CT molecular complexity index is 2900. The third kappa shape index (κ3) is 85.2. The van der Waals surface area contributed by atoms with E-state index >= 15 is 0 Å². The molecule has 0 saturated carbocycles. The summed E-state index contributed by atoms with van der Waals surface area (Å²) < 4.78 is 116. The quantitative estimate of drug-likeness (QED) is 0.0115. The number of carbonyl (C=O) groups excluding carboxylic acids is 8. The van der Waals surface area contributed by atoms with E-state index in [2.05, 4.69) is 14.4 Å². The van der Waals surface area contributed by atoms with Crippen molar-refractivity contribution in [3.63, 3.8) is 0 Å². The van der Waals surface area contributed by atoms with Gasteiger partial charge in [0, 0.05) is 6.54 Å². The molecule has 0 bridgehead atoms. The predicted molar refractivity (Wildman–Crippen MR) is 404 cm³/mol. The third-order valence-corrected chi connectivity index (χ3v) is 14.5. The molecule has 6 atom stereocenters. The zero-order valence-electron chi connectivity index (χ0n) is 67.1. The molecule has 35 heteroatoms. The lowest BCUT2D eigenvalue weighted by Gasteiger charge is -2.28. The Kier molecular flexibility index (Phi) is 71.2. The molecule has 0 fully saturated rings. The van der Waals surface area contributed by atoms with Crippen LogP contribution in [0.15, 0.2) is 97.2 Å². The van der Waals surface area contributed by atoms with Gasteiger partial charge in [0.1, 0.15) is 58.8 Å². The van der Waals surface area contributed by atoms with Gasteiger partial charge in [0.25, 0.3) is 15.6 Å². The molecule has 0 aliphatic heterocycles. The number of carbonyl (C=O) groups is 8. The van der Waals surface area contributed by atoms with Gasteiger partial charge >= 0.3 is 47.8 Å². The molecule has 32 nitrogen and oxygen atoms in total. The number of phosphoric acid groups is 2. The fraction of sp³-hybridized carbons (Fsp3) is 0.671. The van der Waals surface area contributed by atoms with Gasteiger partial charge in [0.2, 0.25) is 10.4 Å². The van der Waals surface area contributed by atoms with Crippen LogP contribution in [-0.2, 0) is 118 Å². The van der Waals surface area contributed by atoms with Crippen LogP contribution in [0.3, 0.4) is 0 Å². The van der Waals surface area contributed by atoms with E-state index in [-0.39, 0.29) is 121 Å². The lowest BCUT2D eigenvalue weighted by atomic mass is 10.3. The molecule has 4 unspecified atom stereocenters. The van der Waals surface area contributed by atoms with Crippen molar-refractivity contribution in [1.82, 2.24) is 4.90 Å². The second kappa shape index (κ2) is 69.8. The fourth-order valence-corrected chi connectivity index (χ4v) is 8.71. The van der Waals surface area contributed by atoms with Crippen LogP contribution < -0.4 is 15.5 Å². The van der Waals surface area contributed by atoms with Crippen molar-refractivity contribution in [1.29, 1.82) is 0 Å². The molecular weight excluding hydrogens is 1470 g/mol. The first-order chi connectivity index (χ1) is 50.7.